The number of nitrogens with zero attached hydrogens (tertiary/aromatic N) is 5. The van der Waals surface area contributed by atoms with Gasteiger partial charge in [0.1, 0.15) is 0 Å². The Kier molecular flexibility index (Phi) is 8.15. The molecule has 12 heteroatoms. The molecule has 11 nitrogen and oxygen atoms in total. The summed E-state index contributed by atoms with van der Waals surface area (Å²) in [5.41, 5.74) is 5.06. The molecule has 2 saturated heterocycles. The van der Waals surface area contributed by atoms with Crippen molar-refractivity contribution in [2.75, 3.05) is 57.4 Å². The monoisotopic (exact) mass is 540 g/mol. The van der Waals surface area contributed by atoms with Gasteiger partial charge in [-0.25, -0.2) is 23.9 Å². The first-order valence-electron chi connectivity index (χ1n) is 12.7. The van der Waals surface area contributed by atoms with Crippen molar-refractivity contribution in [1.82, 2.24) is 24.7 Å². The SMILES string of the molecule is O=C(NO)c1cnc(N2CCN(S(=O)(=O)C3C=CC(c4cccc(CN5CCOCC5)c4)=CC3)CC2)nc1. The maximum Gasteiger partial charge on any atom is 0.277 e. The molecule has 38 heavy (non-hydrogen) atoms. The minimum Gasteiger partial charge on any atom is -0.379 e. The van der Waals surface area contributed by atoms with E-state index in [-0.39, 0.29) is 5.56 Å². The number of rotatable bonds is 7. The van der Waals surface area contributed by atoms with Crippen LogP contribution in [0.2, 0.25) is 0 Å². The zero-order valence-electron chi connectivity index (χ0n) is 21.1. The summed E-state index contributed by atoms with van der Waals surface area (Å²) in [6.45, 7) is 5.83. The fourth-order valence-corrected chi connectivity index (χ4v) is 6.57. The van der Waals surface area contributed by atoms with Crippen LogP contribution in [0.5, 0.6) is 0 Å². The maximum atomic E-state index is 13.4. The zero-order valence-corrected chi connectivity index (χ0v) is 21.9. The summed E-state index contributed by atoms with van der Waals surface area (Å²) in [6, 6.07) is 8.44. The van der Waals surface area contributed by atoms with Crippen LogP contribution in [0.4, 0.5) is 5.95 Å². The lowest BCUT2D eigenvalue weighted by Crippen LogP contribution is -2.51. The molecule has 1 unspecified atom stereocenters. The maximum absolute atomic E-state index is 13.4. The van der Waals surface area contributed by atoms with Crippen molar-refractivity contribution in [3.8, 4) is 0 Å². The van der Waals surface area contributed by atoms with Gasteiger partial charge in [0.05, 0.1) is 24.0 Å². The van der Waals surface area contributed by atoms with Gasteiger partial charge in [-0.2, -0.15) is 4.31 Å². The number of hydrogen-bond acceptors (Lipinski definition) is 9. The van der Waals surface area contributed by atoms with Gasteiger partial charge in [0.2, 0.25) is 16.0 Å². The summed E-state index contributed by atoms with van der Waals surface area (Å²) >= 11 is 0. The molecule has 0 radical (unpaired) electrons. The van der Waals surface area contributed by atoms with Gasteiger partial charge >= 0.3 is 0 Å². The topological polar surface area (TPSA) is 128 Å². The Bertz CT molecular complexity index is 1300. The smallest absolute Gasteiger partial charge is 0.277 e. The predicted molar refractivity (Wildman–Crippen MR) is 142 cm³/mol. The minimum atomic E-state index is -3.51. The number of carbonyl (C=O) groups excluding carboxylic acids is 1. The Morgan fingerprint density at radius 1 is 1.08 bits per heavy atom. The molecule has 2 N–H and O–H groups in total. The summed E-state index contributed by atoms with van der Waals surface area (Å²) in [4.78, 5) is 24.1. The number of benzene rings is 1. The summed E-state index contributed by atoms with van der Waals surface area (Å²) in [7, 11) is -3.51. The molecule has 1 atom stereocenters. The quantitative estimate of drug-likeness (QED) is 0.394. The third-order valence-electron chi connectivity index (χ3n) is 7.10. The molecule has 1 aromatic heterocycles. The van der Waals surface area contributed by atoms with E-state index in [2.05, 4.69) is 39.1 Å². The molecule has 0 saturated carbocycles. The summed E-state index contributed by atoms with van der Waals surface area (Å²) in [5, 5.41) is 8.12. The molecule has 1 aromatic carbocycles. The molecule has 0 bridgehead atoms. The second kappa shape index (κ2) is 11.7. The van der Waals surface area contributed by atoms with E-state index < -0.39 is 21.2 Å². The van der Waals surface area contributed by atoms with Gasteiger partial charge in [0.25, 0.3) is 5.91 Å². The van der Waals surface area contributed by atoms with E-state index in [1.165, 1.54) is 22.3 Å². The lowest BCUT2D eigenvalue weighted by molar-refractivity contribution is 0.0342. The largest absolute Gasteiger partial charge is 0.379 e. The second-order valence-corrected chi connectivity index (χ2v) is 11.7. The molecule has 2 aliphatic heterocycles. The van der Waals surface area contributed by atoms with Gasteiger partial charge in [-0.15, -0.1) is 0 Å². The van der Waals surface area contributed by atoms with Crippen LogP contribution < -0.4 is 10.4 Å². The third-order valence-corrected chi connectivity index (χ3v) is 9.30. The number of morpholine rings is 1. The zero-order chi connectivity index (χ0) is 26.5. The molecule has 2 aromatic rings. The Hall–Kier alpha value is -3.16. The van der Waals surface area contributed by atoms with Crippen LogP contribution in [0.1, 0.15) is 27.9 Å². The molecule has 5 rings (SSSR count). The van der Waals surface area contributed by atoms with Crippen LogP contribution in [0.25, 0.3) is 5.57 Å². The molecule has 202 valence electrons. The number of aromatic nitrogens is 2. The Balaban J connectivity index is 1.17. The van der Waals surface area contributed by atoms with Crippen molar-refractivity contribution >= 4 is 27.5 Å². The Morgan fingerprint density at radius 3 is 2.47 bits per heavy atom. The number of nitrogens with one attached hydrogen (secondary N) is 1. The van der Waals surface area contributed by atoms with E-state index in [0.717, 1.165) is 44.0 Å². The van der Waals surface area contributed by atoms with Crippen molar-refractivity contribution in [3.63, 3.8) is 0 Å². The van der Waals surface area contributed by atoms with Crippen molar-refractivity contribution < 1.29 is 23.2 Å². The Labute approximate surface area is 222 Å². The van der Waals surface area contributed by atoms with Gasteiger partial charge < -0.3 is 9.64 Å². The summed E-state index contributed by atoms with van der Waals surface area (Å²) < 4.78 is 33.7. The standard InChI is InChI=1S/C26H32N6O5S/c33-25(29-34)23-17-27-26(28-18-23)31-8-10-32(11-9-31)38(35,36)24-6-4-21(5-7-24)22-3-1-2-20(16-22)19-30-12-14-37-15-13-30/h1-6,16-18,24,34H,7-15,19H2,(H,29,33). The predicted octanol–water partition coefficient (Wildman–Crippen LogP) is 1.29. The van der Waals surface area contributed by atoms with Crippen LogP contribution in [0.3, 0.4) is 0 Å². The highest BCUT2D eigenvalue weighted by Crippen LogP contribution is 2.27. The van der Waals surface area contributed by atoms with Gasteiger partial charge in [0, 0.05) is 58.2 Å². The van der Waals surface area contributed by atoms with Gasteiger partial charge in [0.15, 0.2) is 0 Å². The molecule has 3 heterocycles. The average Bonchev–Trinajstić information content (AvgIpc) is 2.97. The van der Waals surface area contributed by atoms with E-state index in [4.69, 9.17) is 9.94 Å². The van der Waals surface area contributed by atoms with Crippen LogP contribution in [-0.2, 0) is 21.3 Å². The van der Waals surface area contributed by atoms with Crippen LogP contribution >= 0.6 is 0 Å². The molecular formula is C26H32N6O5S. The highest BCUT2D eigenvalue weighted by Gasteiger charge is 2.34. The third kappa shape index (κ3) is 5.94. The van der Waals surface area contributed by atoms with E-state index in [9.17, 15) is 13.2 Å². The summed E-state index contributed by atoms with van der Waals surface area (Å²) in [5.74, 6) is -0.275. The van der Waals surface area contributed by atoms with E-state index in [1.54, 1.807) is 11.6 Å². The highest BCUT2D eigenvalue weighted by atomic mass is 32.2. The fourth-order valence-electron chi connectivity index (χ4n) is 4.90. The molecule has 1 aliphatic carbocycles. The number of anilines is 1. The van der Waals surface area contributed by atoms with Crippen LogP contribution in [-0.4, -0.2) is 96.4 Å². The minimum absolute atomic E-state index is 0.137. The first-order valence-corrected chi connectivity index (χ1v) is 14.2. The number of hydroxylamine groups is 1. The number of hydrogen-bond donors (Lipinski definition) is 2. The molecule has 0 spiro atoms. The van der Waals surface area contributed by atoms with Gasteiger partial charge in [-0.05, 0) is 29.2 Å². The average molecular weight is 541 g/mol. The Morgan fingerprint density at radius 2 is 1.82 bits per heavy atom. The lowest BCUT2D eigenvalue weighted by Gasteiger charge is -2.35. The first kappa shape index (κ1) is 26.4. The van der Waals surface area contributed by atoms with E-state index in [0.29, 0.717) is 38.5 Å². The number of amides is 1. The van der Waals surface area contributed by atoms with Crippen molar-refractivity contribution in [2.45, 2.75) is 18.2 Å². The fraction of sp³-hybridized carbons (Fsp3) is 0.423. The van der Waals surface area contributed by atoms with Crippen LogP contribution in [0.15, 0.2) is 54.9 Å². The molecular weight excluding hydrogens is 508 g/mol. The van der Waals surface area contributed by atoms with E-state index >= 15 is 0 Å². The second-order valence-electron chi connectivity index (χ2n) is 9.53. The highest BCUT2D eigenvalue weighted by molar-refractivity contribution is 7.89. The van der Waals surface area contributed by atoms with Crippen molar-refractivity contribution in [1.29, 1.82) is 0 Å². The van der Waals surface area contributed by atoms with Crippen LogP contribution in [0, 0.1) is 0 Å². The molecule has 2 fully saturated rings. The van der Waals surface area contributed by atoms with E-state index in [1.807, 2.05) is 17.1 Å². The van der Waals surface area contributed by atoms with Crippen molar-refractivity contribution in [2.24, 2.45) is 0 Å². The van der Waals surface area contributed by atoms with Crippen molar-refractivity contribution in [3.05, 3.63) is 71.6 Å². The number of sulfonamides is 1. The molecule has 3 aliphatic rings. The van der Waals surface area contributed by atoms with Gasteiger partial charge in [-0.1, -0.05) is 36.4 Å². The number of carbonyl (C=O) groups is 1. The molecule has 1 amide bonds. The summed E-state index contributed by atoms with van der Waals surface area (Å²) in [6.07, 6.45) is 8.83. The number of allylic oxidation sites excluding steroid dienone is 3. The first-order chi connectivity index (χ1) is 18.4. The van der Waals surface area contributed by atoms with Gasteiger partial charge in [-0.3, -0.25) is 14.9 Å². The lowest BCUT2D eigenvalue weighted by atomic mass is 9.98. The normalized spacial score (nSPS) is 21.2. The number of ether oxygens (including phenoxy) is 1. The number of piperazine rings is 1.